The van der Waals surface area contributed by atoms with Crippen molar-refractivity contribution in [2.75, 3.05) is 19.8 Å². The van der Waals surface area contributed by atoms with Crippen molar-refractivity contribution in [3.8, 4) is 0 Å². The number of thiophene rings is 1. The minimum atomic E-state index is -0.916. The van der Waals surface area contributed by atoms with Crippen LogP contribution in [0.15, 0.2) is 29.6 Å². The van der Waals surface area contributed by atoms with Gasteiger partial charge in [0.25, 0.3) is 5.91 Å². The maximum absolute atomic E-state index is 12.3. The first-order chi connectivity index (χ1) is 10.6. The third-order valence-corrected chi connectivity index (χ3v) is 5.10. The van der Waals surface area contributed by atoms with Crippen LogP contribution in [0.25, 0.3) is 10.1 Å². The summed E-state index contributed by atoms with van der Waals surface area (Å²) in [5, 5.41) is 15.3. The van der Waals surface area contributed by atoms with Crippen molar-refractivity contribution >= 4 is 33.3 Å². The largest absolute Gasteiger partial charge is 0.481 e. The highest BCUT2D eigenvalue weighted by Gasteiger charge is 2.40. The molecule has 1 aromatic heterocycles. The molecule has 6 heteroatoms. The van der Waals surface area contributed by atoms with E-state index in [1.54, 1.807) is 17.4 Å². The van der Waals surface area contributed by atoms with Gasteiger partial charge in [-0.25, -0.2) is 0 Å². The van der Waals surface area contributed by atoms with E-state index in [1.807, 2.05) is 23.6 Å². The van der Waals surface area contributed by atoms with Crippen LogP contribution in [0.2, 0.25) is 0 Å². The Kier molecular flexibility index (Phi) is 4.13. The summed E-state index contributed by atoms with van der Waals surface area (Å²) in [5.74, 6) is -1.11. The maximum Gasteiger partial charge on any atom is 0.311 e. The van der Waals surface area contributed by atoms with Crippen LogP contribution in [0.1, 0.15) is 23.2 Å². The van der Waals surface area contributed by atoms with Crippen molar-refractivity contribution in [2.24, 2.45) is 5.41 Å². The number of carboxylic acids is 1. The molecule has 0 unspecified atom stereocenters. The Morgan fingerprint density at radius 1 is 1.27 bits per heavy atom. The van der Waals surface area contributed by atoms with Gasteiger partial charge in [-0.05, 0) is 47.9 Å². The molecule has 5 nitrogen and oxygen atoms in total. The molecule has 0 radical (unpaired) electrons. The molecule has 1 aliphatic heterocycles. The highest BCUT2D eigenvalue weighted by molar-refractivity contribution is 7.17. The Labute approximate surface area is 131 Å². The number of rotatable bonds is 4. The summed E-state index contributed by atoms with van der Waals surface area (Å²) in [6, 6.07) is 7.48. The molecule has 22 heavy (non-hydrogen) atoms. The Hall–Kier alpha value is -1.92. The predicted molar refractivity (Wildman–Crippen MR) is 84.3 cm³/mol. The first kappa shape index (κ1) is 15.0. The van der Waals surface area contributed by atoms with Gasteiger partial charge in [0, 0.05) is 30.0 Å². The normalized spacial score (nSPS) is 17.3. The first-order valence-corrected chi connectivity index (χ1v) is 8.05. The van der Waals surface area contributed by atoms with E-state index in [0.717, 1.165) is 10.1 Å². The molecule has 2 heterocycles. The second-order valence-corrected chi connectivity index (χ2v) is 6.50. The molecule has 1 fully saturated rings. The number of amides is 1. The molecule has 2 N–H and O–H groups in total. The van der Waals surface area contributed by atoms with Gasteiger partial charge in [-0.1, -0.05) is 0 Å². The Balaban J connectivity index is 1.71. The first-order valence-electron chi connectivity index (χ1n) is 7.17. The third-order valence-electron chi connectivity index (χ3n) is 4.21. The number of aliphatic carboxylic acids is 1. The van der Waals surface area contributed by atoms with Gasteiger partial charge in [0.2, 0.25) is 0 Å². The molecule has 1 saturated heterocycles. The van der Waals surface area contributed by atoms with E-state index in [4.69, 9.17) is 4.74 Å². The predicted octanol–water partition coefficient (Wildman–Crippen LogP) is 2.51. The van der Waals surface area contributed by atoms with Crippen LogP contribution < -0.4 is 5.32 Å². The van der Waals surface area contributed by atoms with Crippen molar-refractivity contribution in [3.05, 3.63) is 35.2 Å². The molecule has 0 atom stereocenters. The fourth-order valence-electron chi connectivity index (χ4n) is 2.69. The second kappa shape index (κ2) is 6.06. The molecule has 3 rings (SSSR count). The number of hydrogen-bond donors (Lipinski definition) is 2. The molecule has 116 valence electrons. The van der Waals surface area contributed by atoms with E-state index < -0.39 is 11.4 Å². The van der Waals surface area contributed by atoms with Gasteiger partial charge in [-0.2, -0.15) is 0 Å². The topological polar surface area (TPSA) is 75.6 Å². The van der Waals surface area contributed by atoms with Crippen LogP contribution in [0.4, 0.5) is 0 Å². The number of carboxylic acid groups (broad SMARTS) is 1. The molecular weight excluding hydrogens is 302 g/mol. The molecule has 0 aliphatic carbocycles. The highest BCUT2D eigenvalue weighted by Crippen LogP contribution is 2.30. The van der Waals surface area contributed by atoms with E-state index in [2.05, 4.69) is 5.32 Å². The highest BCUT2D eigenvalue weighted by atomic mass is 32.1. The zero-order valence-electron chi connectivity index (χ0n) is 12.0. The monoisotopic (exact) mass is 319 g/mol. The number of benzene rings is 1. The molecule has 2 aromatic rings. The van der Waals surface area contributed by atoms with E-state index in [1.165, 1.54) is 0 Å². The quantitative estimate of drug-likeness (QED) is 0.908. The SMILES string of the molecule is O=C(NCC1(C(=O)O)CCOCC1)c1ccc2sccc2c1. The minimum absolute atomic E-state index is 0.131. The molecular formula is C16H17NO4S. The second-order valence-electron chi connectivity index (χ2n) is 5.55. The number of nitrogens with one attached hydrogen (secondary N) is 1. The van der Waals surface area contributed by atoms with Crippen LogP contribution in [0.3, 0.4) is 0 Å². The third kappa shape index (κ3) is 2.84. The van der Waals surface area contributed by atoms with Crippen LogP contribution in [0, 0.1) is 5.41 Å². The number of hydrogen-bond acceptors (Lipinski definition) is 4. The maximum atomic E-state index is 12.3. The van der Waals surface area contributed by atoms with Crippen molar-refractivity contribution in [2.45, 2.75) is 12.8 Å². The number of carbonyl (C=O) groups is 2. The number of fused-ring (bicyclic) bond motifs is 1. The van der Waals surface area contributed by atoms with Crippen LogP contribution in [-0.4, -0.2) is 36.7 Å². The van der Waals surface area contributed by atoms with Crippen molar-refractivity contribution in [1.29, 1.82) is 0 Å². The van der Waals surface area contributed by atoms with E-state index in [0.29, 0.717) is 31.6 Å². The number of ether oxygens (including phenoxy) is 1. The molecule has 0 spiro atoms. The van der Waals surface area contributed by atoms with E-state index >= 15 is 0 Å². The van der Waals surface area contributed by atoms with Gasteiger partial charge in [-0.3, -0.25) is 9.59 Å². The fourth-order valence-corrected chi connectivity index (χ4v) is 3.46. The zero-order valence-corrected chi connectivity index (χ0v) is 12.8. The van der Waals surface area contributed by atoms with Gasteiger partial charge in [0.05, 0.1) is 5.41 Å². The molecule has 1 aliphatic rings. The average Bonchev–Trinajstić information content (AvgIpc) is 3.01. The zero-order chi connectivity index (χ0) is 15.6. The lowest BCUT2D eigenvalue weighted by molar-refractivity contribution is -0.154. The van der Waals surface area contributed by atoms with Gasteiger partial charge in [0.1, 0.15) is 0 Å². The summed E-state index contributed by atoms with van der Waals surface area (Å²) in [5.41, 5.74) is -0.362. The summed E-state index contributed by atoms with van der Waals surface area (Å²) < 4.78 is 6.36. The summed E-state index contributed by atoms with van der Waals surface area (Å²) in [6.45, 7) is 0.971. The summed E-state index contributed by atoms with van der Waals surface area (Å²) in [6.07, 6.45) is 0.846. The Morgan fingerprint density at radius 2 is 2.05 bits per heavy atom. The van der Waals surface area contributed by atoms with E-state index in [-0.39, 0.29) is 12.5 Å². The summed E-state index contributed by atoms with van der Waals surface area (Å²) >= 11 is 1.62. The smallest absolute Gasteiger partial charge is 0.311 e. The van der Waals surface area contributed by atoms with Gasteiger partial charge < -0.3 is 15.2 Å². The molecule has 0 saturated carbocycles. The minimum Gasteiger partial charge on any atom is -0.481 e. The summed E-state index contributed by atoms with van der Waals surface area (Å²) in [4.78, 5) is 23.8. The number of carbonyl (C=O) groups excluding carboxylic acids is 1. The average molecular weight is 319 g/mol. The molecule has 1 aromatic carbocycles. The van der Waals surface area contributed by atoms with E-state index in [9.17, 15) is 14.7 Å². The van der Waals surface area contributed by atoms with Gasteiger partial charge in [-0.15, -0.1) is 11.3 Å². The lowest BCUT2D eigenvalue weighted by Crippen LogP contribution is -2.46. The van der Waals surface area contributed by atoms with Crippen molar-refractivity contribution in [3.63, 3.8) is 0 Å². The van der Waals surface area contributed by atoms with Crippen LogP contribution >= 0.6 is 11.3 Å². The van der Waals surface area contributed by atoms with Crippen LogP contribution in [-0.2, 0) is 9.53 Å². The van der Waals surface area contributed by atoms with Crippen LogP contribution in [0.5, 0.6) is 0 Å². The molecule has 0 bridgehead atoms. The molecule has 1 amide bonds. The lowest BCUT2D eigenvalue weighted by atomic mass is 9.80. The lowest BCUT2D eigenvalue weighted by Gasteiger charge is -2.33. The van der Waals surface area contributed by atoms with Crippen molar-refractivity contribution in [1.82, 2.24) is 5.32 Å². The fraction of sp³-hybridized carbons (Fsp3) is 0.375. The van der Waals surface area contributed by atoms with Crippen molar-refractivity contribution < 1.29 is 19.4 Å². The Morgan fingerprint density at radius 3 is 2.77 bits per heavy atom. The van der Waals surface area contributed by atoms with Gasteiger partial charge >= 0.3 is 5.97 Å². The standard InChI is InChI=1S/C16H17NO4S/c18-14(12-1-2-13-11(9-12)3-8-22-13)17-10-16(15(19)20)4-6-21-7-5-16/h1-3,8-9H,4-7,10H2,(H,17,18)(H,19,20). The van der Waals surface area contributed by atoms with Gasteiger partial charge in [0.15, 0.2) is 0 Å². The Bertz CT molecular complexity index is 703. The summed E-state index contributed by atoms with van der Waals surface area (Å²) in [7, 11) is 0.